The highest BCUT2D eigenvalue weighted by Crippen LogP contribution is 2.22. The van der Waals surface area contributed by atoms with Crippen LogP contribution in [-0.2, 0) is 19.0 Å². The number of carbonyl (C=O) groups excluding carboxylic acids is 1. The molecule has 0 N–H and O–H groups in total. The molecule has 0 unspecified atom stereocenters. The van der Waals surface area contributed by atoms with Crippen LogP contribution < -0.4 is 4.90 Å². The minimum Gasteiger partial charge on any atom is -0.462 e. The summed E-state index contributed by atoms with van der Waals surface area (Å²) in [5.41, 5.74) is 1.46. The average Bonchev–Trinajstić information content (AvgIpc) is 2.84. The first-order chi connectivity index (χ1) is 17.0. The predicted octanol–water partition coefficient (Wildman–Crippen LogP) is 5.48. The van der Waals surface area contributed by atoms with E-state index in [1.54, 1.807) is 0 Å². The standard InChI is InChI=1S/C17H25N3O2.C7H14.C5H10O2/c1-19(2)11-15-12-21-17(22-13-15)8-9-20(3)16-6-4-14(10-18)5-7-16;1-7-5-3-2-4-6-7;1-5(2,3)7-4-6/h4-7,15,17H,8-9,11-13H2,1-3H3;7H,2-6H2,1H3;4H,1-3H3. The van der Waals surface area contributed by atoms with Crippen molar-refractivity contribution in [2.45, 2.75) is 78.1 Å². The summed E-state index contributed by atoms with van der Waals surface area (Å²) in [5, 5.41) is 8.82. The van der Waals surface area contributed by atoms with Gasteiger partial charge < -0.3 is 24.0 Å². The third-order valence-electron chi connectivity index (χ3n) is 6.09. The highest BCUT2D eigenvalue weighted by Gasteiger charge is 2.22. The summed E-state index contributed by atoms with van der Waals surface area (Å²) in [7, 11) is 6.18. The van der Waals surface area contributed by atoms with E-state index >= 15 is 0 Å². The van der Waals surface area contributed by atoms with E-state index in [9.17, 15) is 4.79 Å². The SMILES string of the molecule is CC(C)(C)OC=O.CC1CCCCC1.CN(C)CC1COC(CCN(C)c2ccc(C#N)cc2)OC1. The Morgan fingerprint density at radius 2 is 1.64 bits per heavy atom. The molecule has 7 heteroatoms. The van der Waals surface area contributed by atoms with Gasteiger partial charge in [-0.15, -0.1) is 0 Å². The molecule has 1 saturated carbocycles. The molecule has 3 rings (SSSR count). The molecule has 1 aromatic rings. The first-order valence-corrected chi connectivity index (χ1v) is 13.2. The van der Waals surface area contributed by atoms with Crippen molar-refractivity contribution in [3.8, 4) is 6.07 Å². The van der Waals surface area contributed by atoms with Gasteiger partial charge in [0.25, 0.3) is 6.47 Å². The molecular weight excluding hydrogens is 454 g/mol. The Bertz CT molecular complexity index is 741. The number of anilines is 1. The lowest BCUT2D eigenvalue weighted by Gasteiger charge is -2.32. The van der Waals surface area contributed by atoms with E-state index in [-0.39, 0.29) is 11.9 Å². The van der Waals surface area contributed by atoms with Crippen LogP contribution in [-0.4, -0.2) is 70.7 Å². The van der Waals surface area contributed by atoms with Crippen molar-refractivity contribution in [3.63, 3.8) is 0 Å². The molecule has 0 spiro atoms. The number of nitrogens with zero attached hydrogens (tertiary/aromatic N) is 3. The Morgan fingerprint density at radius 3 is 2.03 bits per heavy atom. The molecule has 0 amide bonds. The van der Waals surface area contributed by atoms with Gasteiger partial charge in [-0.05, 0) is 65.0 Å². The molecule has 36 heavy (non-hydrogen) atoms. The van der Waals surface area contributed by atoms with E-state index in [2.05, 4.69) is 41.6 Å². The van der Waals surface area contributed by atoms with Crippen molar-refractivity contribution >= 4 is 12.2 Å². The molecule has 1 heterocycles. The van der Waals surface area contributed by atoms with Gasteiger partial charge in [-0.1, -0.05) is 39.0 Å². The highest BCUT2D eigenvalue weighted by molar-refractivity contribution is 5.48. The van der Waals surface area contributed by atoms with Crippen LogP contribution in [0.25, 0.3) is 0 Å². The summed E-state index contributed by atoms with van der Waals surface area (Å²) in [4.78, 5) is 13.9. The van der Waals surface area contributed by atoms with Gasteiger partial charge in [0.2, 0.25) is 0 Å². The fraction of sp³-hybridized carbons (Fsp3) is 0.724. The van der Waals surface area contributed by atoms with Crippen molar-refractivity contribution in [2.75, 3.05) is 52.3 Å². The van der Waals surface area contributed by atoms with E-state index in [0.717, 1.165) is 44.3 Å². The minimum absolute atomic E-state index is 0.112. The van der Waals surface area contributed by atoms with Gasteiger partial charge >= 0.3 is 0 Å². The zero-order valence-corrected chi connectivity index (χ0v) is 23.7. The van der Waals surface area contributed by atoms with E-state index in [1.165, 1.54) is 32.1 Å². The number of nitriles is 1. The van der Waals surface area contributed by atoms with Crippen LogP contribution in [0.2, 0.25) is 0 Å². The first kappa shape index (κ1) is 31.9. The molecule has 1 aliphatic heterocycles. The van der Waals surface area contributed by atoms with Crippen molar-refractivity contribution < 1.29 is 19.0 Å². The first-order valence-electron chi connectivity index (χ1n) is 13.2. The van der Waals surface area contributed by atoms with Crippen molar-refractivity contribution in [2.24, 2.45) is 11.8 Å². The molecular formula is C29H49N3O4. The number of hydrogen-bond donors (Lipinski definition) is 0. The molecule has 0 radical (unpaired) electrons. The highest BCUT2D eigenvalue weighted by atomic mass is 16.7. The smallest absolute Gasteiger partial charge is 0.293 e. The van der Waals surface area contributed by atoms with Crippen molar-refractivity contribution in [1.82, 2.24) is 4.90 Å². The second kappa shape index (κ2) is 17.3. The quantitative estimate of drug-likeness (QED) is 0.456. The lowest BCUT2D eigenvalue weighted by molar-refractivity contribution is -0.203. The molecule has 1 saturated heterocycles. The van der Waals surface area contributed by atoms with Gasteiger partial charge in [-0.2, -0.15) is 5.26 Å². The van der Waals surface area contributed by atoms with Gasteiger partial charge in [-0.3, -0.25) is 4.79 Å². The fourth-order valence-electron chi connectivity index (χ4n) is 4.04. The number of ether oxygens (including phenoxy) is 3. The zero-order chi connectivity index (χ0) is 27.0. The number of benzene rings is 1. The van der Waals surface area contributed by atoms with Crippen molar-refractivity contribution in [1.29, 1.82) is 5.26 Å². The van der Waals surface area contributed by atoms with E-state index in [4.69, 9.17) is 14.7 Å². The summed E-state index contributed by atoms with van der Waals surface area (Å²) in [6, 6.07) is 9.74. The Hall–Kier alpha value is -2.14. The summed E-state index contributed by atoms with van der Waals surface area (Å²) in [5.74, 6) is 1.50. The molecule has 0 aromatic heterocycles. The Morgan fingerprint density at radius 1 is 1.06 bits per heavy atom. The van der Waals surface area contributed by atoms with E-state index < -0.39 is 0 Å². The summed E-state index contributed by atoms with van der Waals surface area (Å²) < 4.78 is 16.1. The van der Waals surface area contributed by atoms with Crippen LogP contribution in [0.1, 0.15) is 71.8 Å². The van der Waals surface area contributed by atoms with Gasteiger partial charge in [0, 0.05) is 38.2 Å². The van der Waals surface area contributed by atoms with Crippen LogP contribution in [0.3, 0.4) is 0 Å². The van der Waals surface area contributed by atoms with Crippen LogP contribution >= 0.6 is 0 Å². The largest absolute Gasteiger partial charge is 0.462 e. The van der Waals surface area contributed by atoms with Gasteiger partial charge in [0.1, 0.15) is 5.60 Å². The molecule has 1 aromatic carbocycles. The maximum absolute atomic E-state index is 9.60. The lowest BCUT2D eigenvalue weighted by atomic mass is 9.91. The molecule has 7 nitrogen and oxygen atoms in total. The second-order valence-electron chi connectivity index (χ2n) is 11.2. The molecule has 204 valence electrons. The van der Waals surface area contributed by atoms with Gasteiger partial charge in [0.05, 0.1) is 24.8 Å². The molecule has 0 bridgehead atoms. The third kappa shape index (κ3) is 15.1. The number of hydrogen-bond acceptors (Lipinski definition) is 7. The lowest BCUT2D eigenvalue weighted by Crippen LogP contribution is -2.38. The summed E-state index contributed by atoms with van der Waals surface area (Å²) >= 11 is 0. The monoisotopic (exact) mass is 503 g/mol. The number of carbonyl (C=O) groups is 1. The summed E-state index contributed by atoms with van der Waals surface area (Å²) in [6.07, 6.45) is 8.16. The predicted molar refractivity (Wildman–Crippen MR) is 146 cm³/mol. The fourth-order valence-corrected chi connectivity index (χ4v) is 4.04. The molecule has 1 aliphatic carbocycles. The van der Waals surface area contributed by atoms with Crippen molar-refractivity contribution in [3.05, 3.63) is 29.8 Å². The normalized spacial score (nSPS) is 20.2. The number of rotatable bonds is 7. The Kier molecular flexibility index (Phi) is 15.4. The van der Waals surface area contributed by atoms with Gasteiger partial charge in [-0.25, -0.2) is 0 Å². The second-order valence-corrected chi connectivity index (χ2v) is 11.2. The Balaban J connectivity index is 0.000000376. The van der Waals surface area contributed by atoms with Crippen LogP contribution in [0, 0.1) is 23.2 Å². The van der Waals surface area contributed by atoms with Crippen LogP contribution in [0.4, 0.5) is 5.69 Å². The maximum atomic E-state index is 9.60. The van der Waals surface area contributed by atoms with E-state index in [0.29, 0.717) is 18.0 Å². The summed E-state index contributed by atoms with van der Waals surface area (Å²) in [6.45, 7) is 11.7. The topological polar surface area (TPSA) is 75.0 Å². The minimum atomic E-state index is -0.318. The molecule has 2 fully saturated rings. The van der Waals surface area contributed by atoms with Crippen LogP contribution in [0.5, 0.6) is 0 Å². The molecule has 0 atom stereocenters. The van der Waals surface area contributed by atoms with Gasteiger partial charge in [0.15, 0.2) is 6.29 Å². The molecule has 2 aliphatic rings. The third-order valence-corrected chi connectivity index (χ3v) is 6.09. The average molecular weight is 504 g/mol. The Labute approximate surface area is 219 Å². The maximum Gasteiger partial charge on any atom is 0.293 e. The van der Waals surface area contributed by atoms with E-state index in [1.807, 2.05) is 52.1 Å². The zero-order valence-electron chi connectivity index (χ0n) is 23.7. The van der Waals surface area contributed by atoms with Crippen LogP contribution in [0.15, 0.2) is 24.3 Å².